The molecule has 11 nitrogen and oxygen atoms in total. The summed E-state index contributed by atoms with van der Waals surface area (Å²) in [7, 11) is 0. The number of aromatic nitrogens is 3. The Bertz CT molecular complexity index is 1400. The van der Waals surface area contributed by atoms with Crippen molar-refractivity contribution in [3.63, 3.8) is 0 Å². The summed E-state index contributed by atoms with van der Waals surface area (Å²) in [6.45, 7) is 8.87. The summed E-state index contributed by atoms with van der Waals surface area (Å²) in [4.78, 5) is 49.1. The fourth-order valence-corrected chi connectivity index (χ4v) is 6.23. The van der Waals surface area contributed by atoms with Crippen molar-refractivity contribution in [3.05, 3.63) is 49.9 Å². The molecule has 2 aromatic heterocycles. The van der Waals surface area contributed by atoms with Gasteiger partial charge in [0.25, 0.3) is 10.6 Å². The lowest BCUT2D eigenvalue weighted by molar-refractivity contribution is -0.758. The molecule has 1 N–H and O–H groups in total. The lowest BCUT2D eigenvalue weighted by Crippen LogP contribution is -2.29. The minimum absolute atomic E-state index is 0.138. The van der Waals surface area contributed by atoms with Crippen molar-refractivity contribution in [3.8, 4) is 17.1 Å². The number of nitrogens with zero attached hydrogens (tertiary/aromatic N) is 4. The Kier molecular flexibility index (Phi) is 10.2. The van der Waals surface area contributed by atoms with Crippen LogP contribution in [0.2, 0.25) is 0 Å². The van der Waals surface area contributed by atoms with Crippen LogP contribution in [0.25, 0.3) is 22.4 Å². The molecule has 1 aliphatic rings. The van der Waals surface area contributed by atoms with Crippen molar-refractivity contribution >= 4 is 29.3 Å². The molecule has 1 fully saturated rings. The molecule has 0 spiro atoms. The standard InChI is InChI=1S/C28H37N5O6S/c1-4-7-21-23(18-34)32(6-3)26-25(21)29-27(30-28(26)35)22-17-20(8-9-24(22)38-15-5-2)40-31-13-10-19(11-14-31)12-16-39-33(36)37/h8-9,17-19H,4-7,10-16H2,1-3H3,(H,29,30,35). The van der Waals surface area contributed by atoms with Crippen LogP contribution < -0.4 is 10.3 Å². The van der Waals surface area contributed by atoms with Gasteiger partial charge in [0.15, 0.2) is 6.29 Å². The molecule has 0 amide bonds. The average Bonchev–Trinajstić information content (AvgIpc) is 3.26. The first-order valence-electron chi connectivity index (χ1n) is 14.0. The van der Waals surface area contributed by atoms with Crippen LogP contribution >= 0.6 is 11.9 Å². The quantitative estimate of drug-likeness (QED) is 0.119. The number of piperidine rings is 1. The van der Waals surface area contributed by atoms with Gasteiger partial charge < -0.3 is 19.1 Å². The molecule has 0 radical (unpaired) electrons. The number of aldehydes is 1. The Hall–Kier alpha value is -3.38. The van der Waals surface area contributed by atoms with Gasteiger partial charge in [-0.05, 0) is 75.1 Å². The molecule has 3 aromatic rings. The van der Waals surface area contributed by atoms with E-state index in [0.717, 1.165) is 55.5 Å². The number of aromatic amines is 1. The minimum atomic E-state index is -0.735. The van der Waals surface area contributed by atoms with Crippen molar-refractivity contribution in [1.29, 1.82) is 0 Å². The van der Waals surface area contributed by atoms with Gasteiger partial charge in [0.2, 0.25) is 0 Å². The summed E-state index contributed by atoms with van der Waals surface area (Å²) in [5.74, 6) is 1.46. The van der Waals surface area contributed by atoms with Crippen molar-refractivity contribution in [2.24, 2.45) is 5.92 Å². The van der Waals surface area contributed by atoms with Gasteiger partial charge in [-0.25, -0.2) is 9.29 Å². The monoisotopic (exact) mass is 571 g/mol. The Morgan fingerprint density at radius 3 is 2.62 bits per heavy atom. The third-order valence-corrected chi connectivity index (χ3v) is 8.27. The van der Waals surface area contributed by atoms with E-state index in [1.54, 1.807) is 16.5 Å². The van der Waals surface area contributed by atoms with E-state index in [4.69, 9.17) is 9.72 Å². The molecule has 0 bridgehead atoms. The average molecular weight is 572 g/mol. The second-order valence-corrected chi connectivity index (χ2v) is 11.1. The zero-order chi connectivity index (χ0) is 28.6. The number of carbonyl (C=O) groups excluding carboxylic acids is 1. The molecule has 4 rings (SSSR count). The fraction of sp³-hybridized carbons (Fsp3) is 0.536. The third-order valence-electron chi connectivity index (χ3n) is 7.18. The van der Waals surface area contributed by atoms with Crippen molar-refractivity contribution in [2.45, 2.75) is 70.7 Å². The molecular formula is C28H37N5O6S. The molecule has 0 atom stereocenters. The normalized spacial score (nSPS) is 14.5. The molecule has 3 heterocycles. The van der Waals surface area contributed by atoms with Gasteiger partial charge in [0.05, 0.1) is 24.5 Å². The van der Waals surface area contributed by atoms with E-state index in [1.807, 2.05) is 39.0 Å². The number of benzene rings is 1. The second kappa shape index (κ2) is 13.8. The summed E-state index contributed by atoms with van der Waals surface area (Å²) in [6, 6.07) is 5.92. The smallest absolute Gasteiger partial charge is 0.294 e. The topological polar surface area (TPSA) is 133 Å². The van der Waals surface area contributed by atoms with Crippen LogP contribution in [0.4, 0.5) is 0 Å². The number of ether oxygens (including phenoxy) is 1. The van der Waals surface area contributed by atoms with E-state index in [2.05, 4.69) is 14.1 Å². The Morgan fingerprint density at radius 2 is 1.98 bits per heavy atom. The highest BCUT2D eigenvalue weighted by Crippen LogP contribution is 2.36. The van der Waals surface area contributed by atoms with E-state index in [1.165, 1.54) is 0 Å². The number of fused-ring (bicyclic) bond motifs is 1. The molecule has 1 saturated heterocycles. The molecule has 0 saturated carbocycles. The van der Waals surface area contributed by atoms with Crippen LogP contribution in [0.1, 0.15) is 68.9 Å². The highest BCUT2D eigenvalue weighted by molar-refractivity contribution is 7.97. The second-order valence-electron chi connectivity index (χ2n) is 9.90. The van der Waals surface area contributed by atoms with E-state index in [0.29, 0.717) is 65.8 Å². The third kappa shape index (κ3) is 6.67. The zero-order valence-corrected chi connectivity index (χ0v) is 24.1. The molecule has 40 heavy (non-hydrogen) atoms. The molecule has 216 valence electrons. The van der Waals surface area contributed by atoms with Crippen molar-refractivity contribution < 1.29 is 19.5 Å². The minimum Gasteiger partial charge on any atom is -0.493 e. The van der Waals surface area contributed by atoms with Crippen molar-refractivity contribution in [1.82, 2.24) is 18.8 Å². The van der Waals surface area contributed by atoms with E-state index in [-0.39, 0.29) is 12.2 Å². The number of aryl methyl sites for hydroxylation is 2. The molecule has 1 aromatic carbocycles. The Morgan fingerprint density at radius 1 is 1.20 bits per heavy atom. The summed E-state index contributed by atoms with van der Waals surface area (Å²) in [6.07, 6.45) is 5.70. The number of nitrogens with one attached hydrogen (secondary N) is 1. The molecule has 1 aliphatic heterocycles. The van der Waals surface area contributed by atoms with Gasteiger partial charge >= 0.3 is 0 Å². The summed E-state index contributed by atoms with van der Waals surface area (Å²) < 4.78 is 10.1. The number of carbonyl (C=O) groups is 1. The summed E-state index contributed by atoms with van der Waals surface area (Å²) in [5.41, 5.74) is 2.71. The van der Waals surface area contributed by atoms with Crippen LogP contribution in [-0.2, 0) is 17.8 Å². The van der Waals surface area contributed by atoms with Crippen LogP contribution in [0.15, 0.2) is 27.9 Å². The molecule has 12 heteroatoms. The first kappa shape index (κ1) is 29.6. The number of hydrogen-bond acceptors (Lipinski definition) is 9. The lowest BCUT2D eigenvalue weighted by Gasteiger charge is -2.30. The highest BCUT2D eigenvalue weighted by atomic mass is 32.2. The number of H-pyrrole nitrogens is 1. The maximum absolute atomic E-state index is 13.4. The SMILES string of the molecule is CCCOc1ccc(SN2CCC(CCO[N+](=O)[O-])CC2)cc1-c1nc2c(CCC)c(C=O)n(CC)c2c(=O)[nH]1. The largest absolute Gasteiger partial charge is 0.493 e. The maximum Gasteiger partial charge on any atom is 0.294 e. The van der Waals surface area contributed by atoms with E-state index >= 15 is 0 Å². The van der Waals surface area contributed by atoms with E-state index < -0.39 is 5.09 Å². The first-order valence-corrected chi connectivity index (χ1v) is 14.7. The molecule has 0 aliphatic carbocycles. The van der Waals surface area contributed by atoms with Gasteiger partial charge in [-0.2, -0.15) is 0 Å². The highest BCUT2D eigenvalue weighted by Gasteiger charge is 2.23. The fourth-order valence-electron chi connectivity index (χ4n) is 5.24. The predicted molar refractivity (Wildman–Crippen MR) is 154 cm³/mol. The zero-order valence-electron chi connectivity index (χ0n) is 23.3. The van der Waals surface area contributed by atoms with Crippen LogP contribution in [-0.4, -0.2) is 56.5 Å². The molecular weight excluding hydrogens is 534 g/mol. The first-order chi connectivity index (χ1) is 19.4. The van der Waals surface area contributed by atoms with Gasteiger partial charge in [-0.3, -0.25) is 9.59 Å². The maximum atomic E-state index is 13.4. The van der Waals surface area contributed by atoms with Gasteiger partial charge in [0.1, 0.15) is 22.6 Å². The molecule has 0 unspecified atom stereocenters. The predicted octanol–water partition coefficient (Wildman–Crippen LogP) is 5.28. The number of rotatable bonds is 14. The Balaban J connectivity index is 1.64. The lowest BCUT2D eigenvalue weighted by atomic mass is 9.95. The van der Waals surface area contributed by atoms with Crippen LogP contribution in [0.5, 0.6) is 5.75 Å². The Labute approximate surface area is 237 Å². The van der Waals surface area contributed by atoms with Crippen molar-refractivity contribution in [2.75, 3.05) is 26.3 Å². The number of hydrogen-bond donors (Lipinski definition) is 1. The summed E-state index contributed by atoms with van der Waals surface area (Å²) in [5, 5.41) is 9.67. The van der Waals surface area contributed by atoms with E-state index in [9.17, 15) is 19.7 Å². The van der Waals surface area contributed by atoms with Crippen LogP contribution in [0, 0.1) is 16.0 Å². The van der Waals surface area contributed by atoms with Gasteiger partial charge in [-0.15, -0.1) is 10.1 Å². The van der Waals surface area contributed by atoms with Gasteiger partial charge in [0, 0.05) is 30.1 Å². The van der Waals surface area contributed by atoms with Crippen LogP contribution in [0.3, 0.4) is 0 Å². The van der Waals surface area contributed by atoms with Gasteiger partial charge in [-0.1, -0.05) is 20.3 Å². The summed E-state index contributed by atoms with van der Waals surface area (Å²) >= 11 is 1.64.